The lowest BCUT2D eigenvalue weighted by Gasteiger charge is -2.01. The third-order valence-electron chi connectivity index (χ3n) is 2.22. The standard InChI is InChI=1S/C10H7F3O/c11-7-4-9(13)8(12)3-6(7)10(14)5-1-2-5/h3-5H,1-2H2. The molecule has 0 amide bonds. The molecule has 1 fully saturated rings. The molecule has 0 atom stereocenters. The molecule has 0 aliphatic heterocycles. The maximum Gasteiger partial charge on any atom is 0.168 e. The van der Waals surface area contributed by atoms with Crippen LogP contribution in [0.3, 0.4) is 0 Å². The number of hydrogen-bond acceptors (Lipinski definition) is 1. The van der Waals surface area contributed by atoms with Gasteiger partial charge < -0.3 is 0 Å². The van der Waals surface area contributed by atoms with Crippen LogP contribution < -0.4 is 0 Å². The van der Waals surface area contributed by atoms with E-state index in [1.165, 1.54) is 0 Å². The van der Waals surface area contributed by atoms with Gasteiger partial charge in [-0.25, -0.2) is 13.2 Å². The van der Waals surface area contributed by atoms with Crippen LogP contribution in [0.25, 0.3) is 0 Å². The van der Waals surface area contributed by atoms with Crippen LogP contribution in [0, 0.1) is 23.4 Å². The van der Waals surface area contributed by atoms with Gasteiger partial charge in [-0.2, -0.15) is 0 Å². The minimum absolute atomic E-state index is 0.200. The highest BCUT2D eigenvalue weighted by molar-refractivity contribution is 5.99. The van der Waals surface area contributed by atoms with Crippen LogP contribution in [0.4, 0.5) is 13.2 Å². The molecule has 1 aliphatic rings. The molecule has 0 heterocycles. The summed E-state index contributed by atoms with van der Waals surface area (Å²) in [4.78, 5) is 11.4. The predicted octanol–water partition coefficient (Wildman–Crippen LogP) is 2.70. The molecule has 1 aliphatic carbocycles. The average molecular weight is 200 g/mol. The van der Waals surface area contributed by atoms with Crippen molar-refractivity contribution in [2.75, 3.05) is 0 Å². The van der Waals surface area contributed by atoms with Gasteiger partial charge in [-0.05, 0) is 18.9 Å². The van der Waals surface area contributed by atoms with Crippen molar-refractivity contribution in [2.45, 2.75) is 12.8 Å². The van der Waals surface area contributed by atoms with Crippen LogP contribution in [0.5, 0.6) is 0 Å². The lowest BCUT2D eigenvalue weighted by Crippen LogP contribution is -2.06. The van der Waals surface area contributed by atoms with Gasteiger partial charge in [0.15, 0.2) is 17.4 Å². The minimum atomic E-state index is -1.27. The monoisotopic (exact) mass is 200 g/mol. The van der Waals surface area contributed by atoms with E-state index in [9.17, 15) is 18.0 Å². The number of carbonyl (C=O) groups excluding carboxylic acids is 1. The lowest BCUT2D eigenvalue weighted by atomic mass is 10.1. The molecule has 0 bridgehead atoms. The van der Waals surface area contributed by atoms with Crippen molar-refractivity contribution >= 4 is 5.78 Å². The zero-order chi connectivity index (χ0) is 10.3. The highest BCUT2D eigenvalue weighted by Gasteiger charge is 2.32. The molecule has 0 spiro atoms. The lowest BCUT2D eigenvalue weighted by molar-refractivity contribution is 0.0963. The number of hydrogen-bond donors (Lipinski definition) is 0. The summed E-state index contributed by atoms with van der Waals surface area (Å²) in [5.41, 5.74) is -0.341. The molecule has 0 radical (unpaired) electrons. The smallest absolute Gasteiger partial charge is 0.168 e. The summed E-state index contributed by atoms with van der Waals surface area (Å²) < 4.78 is 38.3. The van der Waals surface area contributed by atoms with Gasteiger partial charge in [0.1, 0.15) is 5.82 Å². The van der Waals surface area contributed by atoms with E-state index in [-0.39, 0.29) is 11.5 Å². The Balaban J connectivity index is 2.41. The first-order chi connectivity index (χ1) is 6.59. The van der Waals surface area contributed by atoms with Crippen LogP contribution in [-0.4, -0.2) is 5.78 Å². The van der Waals surface area contributed by atoms with Crippen molar-refractivity contribution in [2.24, 2.45) is 5.92 Å². The second kappa shape index (κ2) is 3.12. The van der Waals surface area contributed by atoms with Crippen LogP contribution in [0.15, 0.2) is 12.1 Å². The third-order valence-corrected chi connectivity index (χ3v) is 2.22. The fourth-order valence-electron chi connectivity index (χ4n) is 1.28. The summed E-state index contributed by atoms with van der Waals surface area (Å²) in [6.45, 7) is 0. The molecule has 2 rings (SSSR count). The molecular formula is C10H7F3O. The topological polar surface area (TPSA) is 17.1 Å². The number of benzene rings is 1. The van der Waals surface area contributed by atoms with Crippen molar-refractivity contribution in [3.63, 3.8) is 0 Å². The molecule has 0 unspecified atom stereocenters. The van der Waals surface area contributed by atoms with Gasteiger partial charge in [-0.15, -0.1) is 0 Å². The summed E-state index contributed by atoms with van der Waals surface area (Å²) in [6, 6.07) is 1.04. The van der Waals surface area contributed by atoms with Crippen LogP contribution in [-0.2, 0) is 0 Å². The molecule has 14 heavy (non-hydrogen) atoms. The summed E-state index contributed by atoms with van der Waals surface area (Å²) in [5, 5.41) is 0. The van der Waals surface area contributed by atoms with Crippen molar-refractivity contribution in [3.05, 3.63) is 35.1 Å². The van der Waals surface area contributed by atoms with Gasteiger partial charge in [0.2, 0.25) is 0 Å². The van der Waals surface area contributed by atoms with Crippen molar-refractivity contribution in [1.82, 2.24) is 0 Å². The number of ketones is 1. The second-order valence-corrected chi connectivity index (χ2v) is 3.38. The van der Waals surface area contributed by atoms with Crippen LogP contribution in [0.1, 0.15) is 23.2 Å². The van der Waals surface area contributed by atoms with Gasteiger partial charge >= 0.3 is 0 Å². The van der Waals surface area contributed by atoms with Gasteiger partial charge in [0.05, 0.1) is 5.56 Å². The highest BCUT2D eigenvalue weighted by Crippen LogP contribution is 2.33. The van der Waals surface area contributed by atoms with Crippen LogP contribution >= 0.6 is 0 Å². The minimum Gasteiger partial charge on any atom is -0.294 e. The maximum atomic E-state index is 13.0. The van der Waals surface area contributed by atoms with E-state index in [2.05, 4.69) is 0 Å². The molecule has 0 N–H and O–H groups in total. The van der Waals surface area contributed by atoms with E-state index in [1.807, 2.05) is 0 Å². The van der Waals surface area contributed by atoms with E-state index >= 15 is 0 Å². The maximum absolute atomic E-state index is 13.0. The Hall–Kier alpha value is -1.32. The fraction of sp³-hybridized carbons (Fsp3) is 0.300. The number of carbonyl (C=O) groups is 1. The Labute approximate surface area is 78.5 Å². The molecule has 0 aromatic heterocycles. The third kappa shape index (κ3) is 1.52. The molecule has 0 saturated heterocycles. The summed E-state index contributed by atoms with van der Waals surface area (Å²) in [6.07, 6.45) is 1.41. The summed E-state index contributed by atoms with van der Waals surface area (Å²) >= 11 is 0. The first-order valence-electron chi connectivity index (χ1n) is 4.28. The largest absolute Gasteiger partial charge is 0.294 e. The Morgan fingerprint density at radius 3 is 2.21 bits per heavy atom. The fourth-order valence-corrected chi connectivity index (χ4v) is 1.28. The van der Waals surface area contributed by atoms with Gasteiger partial charge in [0, 0.05) is 12.0 Å². The number of Topliss-reactive ketones (excluding diaryl/α,β-unsaturated/α-hetero) is 1. The molecular weight excluding hydrogens is 193 g/mol. The second-order valence-electron chi connectivity index (χ2n) is 3.38. The zero-order valence-electron chi connectivity index (χ0n) is 7.19. The highest BCUT2D eigenvalue weighted by atomic mass is 19.2. The number of rotatable bonds is 2. The summed E-state index contributed by atoms with van der Waals surface area (Å²) in [7, 11) is 0. The quantitative estimate of drug-likeness (QED) is 0.529. The van der Waals surface area contributed by atoms with E-state index in [1.54, 1.807) is 0 Å². The molecule has 4 heteroatoms. The van der Waals surface area contributed by atoms with E-state index < -0.39 is 23.2 Å². The van der Waals surface area contributed by atoms with Gasteiger partial charge in [-0.1, -0.05) is 0 Å². The molecule has 1 aromatic rings. The predicted molar refractivity (Wildman–Crippen MR) is 43.4 cm³/mol. The number of halogens is 3. The van der Waals surface area contributed by atoms with E-state index in [0.29, 0.717) is 25.0 Å². The van der Waals surface area contributed by atoms with E-state index in [4.69, 9.17) is 0 Å². The van der Waals surface area contributed by atoms with Crippen molar-refractivity contribution < 1.29 is 18.0 Å². The van der Waals surface area contributed by atoms with Gasteiger partial charge in [-0.3, -0.25) is 4.79 Å². The molecule has 1 nitrogen and oxygen atoms in total. The molecule has 74 valence electrons. The zero-order valence-corrected chi connectivity index (χ0v) is 7.19. The normalized spacial score (nSPS) is 15.6. The first-order valence-corrected chi connectivity index (χ1v) is 4.28. The average Bonchev–Trinajstić information content (AvgIpc) is 2.93. The Bertz CT molecular complexity index is 397. The molecule has 1 saturated carbocycles. The molecule has 1 aromatic carbocycles. The van der Waals surface area contributed by atoms with Crippen LogP contribution in [0.2, 0.25) is 0 Å². The Morgan fingerprint density at radius 1 is 1.07 bits per heavy atom. The van der Waals surface area contributed by atoms with Gasteiger partial charge in [0.25, 0.3) is 0 Å². The van der Waals surface area contributed by atoms with Crippen molar-refractivity contribution in [3.8, 4) is 0 Å². The first kappa shape index (κ1) is 9.24. The van der Waals surface area contributed by atoms with E-state index in [0.717, 1.165) is 0 Å². The Kier molecular flexibility index (Phi) is 2.06. The Morgan fingerprint density at radius 2 is 1.64 bits per heavy atom. The SMILES string of the molecule is O=C(c1cc(F)c(F)cc1F)C1CC1. The van der Waals surface area contributed by atoms with Crippen molar-refractivity contribution in [1.29, 1.82) is 0 Å². The summed E-state index contributed by atoms with van der Waals surface area (Å²) in [5.74, 6) is -4.07.